The lowest BCUT2D eigenvalue weighted by Crippen LogP contribution is -2.46. The quantitative estimate of drug-likeness (QED) is 0.0494. The van der Waals surface area contributed by atoms with Crippen molar-refractivity contribution in [3.63, 3.8) is 0 Å². The van der Waals surface area contributed by atoms with Crippen molar-refractivity contribution in [1.82, 2.24) is 20.4 Å². The van der Waals surface area contributed by atoms with E-state index in [1.54, 1.807) is 20.0 Å². The highest BCUT2D eigenvalue weighted by atomic mass is 79.9. The highest BCUT2D eigenvalue weighted by Crippen LogP contribution is 2.28. The molecule has 1 aliphatic heterocycles. The molecule has 1 amide bonds. The molecule has 1 heterocycles. The number of nitrogens with zero attached hydrogens (tertiary/aromatic N) is 4. The maximum absolute atomic E-state index is 13.1. The zero-order chi connectivity index (χ0) is 29.4. The van der Waals surface area contributed by atoms with Gasteiger partial charge in [0, 0.05) is 53.0 Å². The van der Waals surface area contributed by atoms with Crippen LogP contribution in [0, 0.1) is 0 Å². The Bertz CT molecular complexity index is 957. The molecule has 1 fully saturated rings. The van der Waals surface area contributed by atoms with Gasteiger partial charge in [-0.2, -0.15) is 0 Å². The molecule has 220 valence electrons. The average molecular weight is 650 g/mol. The SMILES string of the molecule is C=N/C(=C\C(=N/C)NCCCCN1CCN(CC)CC1)C(=C)C(=O)N/C(=C(Cl)/C(OC)=C(/Br)COC)C(C)Cl. The second-order valence-corrected chi connectivity index (χ2v) is 10.8. The minimum absolute atomic E-state index is 0.0809. The molecule has 0 bridgehead atoms. The first-order valence-corrected chi connectivity index (χ1v) is 14.5. The Morgan fingerprint density at radius 1 is 1.21 bits per heavy atom. The van der Waals surface area contributed by atoms with Crippen LogP contribution in [0.2, 0.25) is 0 Å². The predicted molar refractivity (Wildman–Crippen MR) is 167 cm³/mol. The van der Waals surface area contributed by atoms with E-state index in [1.807, 2.05) is 0 Å². The zero-order valence-electron chi connectivity index (χ0n) is 23.8. The van der Waals surface area contributed by atoms with Crippen molar-refractivity contribution in [1.29, 1.82) is 0 Å². The van der Waals surface area contributed by atoms with Crippen LogP contribution in [0.15, 0.2) is 54.9 Å². The largest absolute Gasteiger partial charge is 0.494 e. The molecule has 0 aromatic heterocycles. The summed E-state index contributed by atoms with van der Waals surface area (Å²) in [6.07, 6.45) is 3.73. The van der Waals surface area contributed by atoms with Crippen LogP contribution in [0.25, 0.3) is 0 Å². The number of aliphatic imine (C=N–C) groups is 2. The number of halogens is 3. The number of piperazine rings is 1. The van der Waals surface area contributed by atoms with Gasteiger partial charge in [-0.05, 0) is 55.5 Å². The van der Waals surface area contributed by atoms with Crippen LogP contribution in [-0.4, -0.2) is 107 Å². The van der Waals surface area contributed by atoms with E-state index in [4.69, 9.17) is 32.7 Å². The number of amides is 1. The number of methoxy groups -OCH3 is 2. The number of allylic oxidation sites excluding steroid dienone is 2. The Morgan fingerprint density at radius 2 is 1.85 bits per heavy atom. The molecule has 2 N–H and O–H groups in total. The van der Waals surface area contributed by atoms with E-state index in [9.17, 15) is 4.79 Å². The van der Waals surface area contributed by atoms with Gasteiger partial charge in [-0.25, -0.2) is 0 Å². The van der Waals surface area contributed by atoms with Gasteiger partial charge in [0.1, 0.15) is 10.9 Å². The van der Waals surface area contributed by atoms with Crippen LogP contribution in [0.3, 0.4) is 0 Å². The highest BCUT2D eigenvalue weighted by molar-refractivity contribution is 9.11. The molecular weight excluding hydrogens is 607 g/mol. The smallest absolute Gasteiger partial charge is 0.257 e. The van der Waals surface area contributed by atoms with Crippen molar-refractivity contribution in [2.24, 2.45) is 9.98 Å². The number of nitrogens with one attached hydrogen (secondary N) is 2. The summed E-state index contributed by atoms with van der Waals surface area (Å²) in [5, 5.41) is 5.53. The van der Waals surface area contributed by atoms with Gasteiger partial charge in [0.15, 0.2) is 5.76 Å². The average Bonchev–Trinajstić information content (AvgIpc) is 2.93. The molecule has 0 radical (unpaired) electrons. The van der Waals surface area contributed by atoms with E-state index >= 15 is 0 Å². The summed E-state index contributed by atoms with van der Waals surface area (Å²) in [5.41, 5.74) is 0.601. The standard InChI is InChI=1S/C27H43BrCl2N6O3/c1-8-35-13-15-36(16-14-35)12-10-9-11-33-23(32-5)17-22(31-4)19(2)27(37)34-25(20(3)29)24(30)26(39-7)21(28)18-38-6/h17,20H,2,4,8-16,18H2,1,3,5-7H3,(H,32,33)(H,34,37)/b22-17-,25-24-,26-21-. The summed E-state index contributed by atoms with van der Waals surface area (Å²) in [5.74, 6) is 0.333. The summed E-state index contributed by atoms with van der Waals surface area (Å²) in [6.45, 7) is 19.1. The summed E-state index contributed by atoms with van der Waals surface area (Å²) >= 11 is 16.3. The van der Waals surface area contributed by atoms with Crippen LogP contribution < -0.4 is 10.6 Å². The minimum Gasteiger partial charge on any atom is -0.494 e. The minimum atomic E-state index is -0.642. The normalized spacial score (nSPS) is 17.6. The van der Waals surface area contributed by atoms with Crippen molar-refractivity contribution in [2.75, 3.05) is 73.7 Å². The van der Waals surface area contributed by atoms with Gasteiger partial charge in [0.25, 0.3) is 5.91 Å². The second kappa shape index (κ2) is 19.4. The van der Waals surface area contributed by atoms with Crippen molar-refractivity contribution in [3.05, 3.63) is 44.9 Å². The number of hydrogen-bond acceptors (Lipinski definition) is 7. The molecule has 1 saturated heterocycles. The Balaban J connectivity index is 2.80. The van der Waals surface area contributed by atoms with Gasteiger partial charge in [-0.15, -0.1) is 11.6 Å². The predicted octanol–water partition coefficient (Wildman–Crippen LogP) is 4.26. The number of unbranched alkanes of at least 4 members (excludes halogenated alkanes) is 1. The lowest BCUT2D eigenvalue weighted by Gasteiger charge is -2.33. The third-order valence-electron chi connectivity index (χ3n) is 6.19. The van der Waals surface area contributed by atoms with Crippen molar-refractivity contribution in [2.45, 2.75) is 32.1 Å². The number of ether oxygens (including phenoxy) is 2. The van der Waals surface area contributed by atoms with E-state index in [0.717, 1.165) is 58.7 Å². The van der Waals surface area contributed by atoms with Crippen molar-refractivity contribution >= 4 is 57.6 Å². The molecule has 1 rings (SSSR count). The zero-order valence-corrected chi connectivity index (χ0v) is 26.9. The van der Waals surface area contributed by atoms with Crippen LogP contribution in [0.1, 0.15) is 26.7 Å². The van der Waals surface area contributed by atoms with Crippen LogP contribution in [-0.2, 0) is 14.3 Å². The summed E-state index contributed by atoms with van der Waals surface area (Å²) in [6, 6.07) is 0. The molecule has 1 unspecified atom stereocenters. The fourth-order valence-electron chi connectivity index (χ4n) is 3.84. The molecule has 0 spiro atoms. The molecule has 9 nitrogen and oxygen atoms in total. The van der Waals surface area contributed by atoms with Crippen molar-refractivity contribution < 1.29 is 14.3 Å². The Labute approximate surface area is 252 Å². The van der Waals surface area contributed by atoms with E-state index in [2.05, 4.69) is 66.6 Å². The number of alkyl halides is 1. The van der Waals surface area contributed by atoms with Gasteiger partial charge in [-0.1, -0.05) is 25.1 Å². The Kier molecular flexibility index (Phi) is 17.6. The van der Waals surface area contributed by atoms with Gasteiger partial charge in [0.05, 0.1) is 40.5 Å². The van der Waals surface area contributed by atoms with Crippen LogP contribution in [0.4, 0.5) is 0 Å². The molecule has 1 atom stereocenters. The summed E-state index contributed by atoms with van der Waals surface area (Å²) in [4.78, 5) is 26.3. The topological polar surface area (TPSA) is 90.8 Å². The van der Waals surface area contributed by atoms with E-state index in [-0.39, 0.29) is 34.4 Å². The van der Waals surface area contributed by atoms with Gasteiger partial charge in [-0.3, -0.25) is 14.8 Å². The third kappa shape index (κ3) is 12.2. The van der Waals surface area contributed by atoms with Crippen LogP contribution in [0.5, 0.6) is 0 Å². The van der Waals surface area contributed by atoms with Crippen LogP contribution >= 0.6 is 39.1 Å². The van der Waals surface area contributed by atoms with Crippen molar-refractivity contribution in [3.8, 4) is 0 Å². The van der Waals surface area contributed by atoms with E-state index in [0.29, 0.717) is 10.3 Å². The van der Waals surface area contributed by atoms with Gasteiger partial charge in [0.2, 0.25) is 0 Å². The maximum Gasteiger partial charge on any atom is 0.257 e. The number of likely N-dealkylation sites (N-methyl/N-ethyl adjacent to an activating group) is 1. The Hall–Kier alpha value is -1.69. The summed E-state index contributed by atoms with van der Waals surface area (Å²) in [7, 11) is 4.67. The molecule has 1 aliphatic rings. The summed E-state index contributed by atoms with van der Waals surface area (Å²) < 4.78 is 11.1. The molecule has 0 aliphatic carbocycles. The molecule has 12 heteroatoms. The molecule has 0 aromatic carbocycles. The molecule has 0 saturated carbocycles. The Morgan fingerprint density at radius 3 is 2.36 bits per heavy atom. The first kappa shape index (κ1) is 35.3. The van der Waals surface area contributed by atoms with E-state index < -0.39 is 11.3 Å². The third-order valence-corrected chi connectivity index (χ3v) is 7.37. The van der Waals surface area contributed by atoms with Gasteiger partial charge < -0.3 is 29.9 Å². The lowest BCUT2D eigenvalue weighted by molar-refractivity contribution is -0.116. The van der Waals surface area contributed by atoms with Gasteiger partial charge >= 0.3 is 0 Å². The number of hydrogen-bond donors (Lipinski definition) is 2. The number of carbonyl (C=O) groups excluding carboxylic acids is 1. The maximum atomic E-state index is 13.1. The fraction of sp³-hybridized carbons (Fsp3) is 0.593. The first-order valence-electron chi connectivity index (χ1n) is 12.9. The number of amidine groups is 1. The second-order valence-electron chi connectivity index (χ2n) is 8.85. The first-order chi connectivity index (χ1) is 18.6. The number of carbonyl (C=O) groups is 1. The molecule has 0 aromatic rings. The molecular formula is C27H43BrCl2N6O3. The fourth-order valence-corrected chi connectivity index (χ4v) is 5.16. The number of rotatable bonds is 16. The molecule has 39 heavy (non-hydrogen) atoms. The van der Waals surface area contributed by atoms with E-state index in [1.165, 1.54) is 14.2 Å². The highest BCUT2D eigenvalue weighted by Gasteiger charge is 2.22. The monoisotopic (exact) mass is 648 g/mol. The lowest BCUT2D eigenvalue weighted by atomic mass is 10.1.